The van der Waals surface area contributed by atoms with Crippen LogP contribution in [0.25, 0.3) is 22.3 Å². The number of benzene rings is 3. The molecule has 8 heteroatoms. The second-order valence-electron chi connectivity index (χ2n) is 11.2. The second kappa shape index (κ2) is 12.7. The summed E-state index contributed by atoms with van der Waals surface area (Å²) in [5.41, 5.74) is 3.48. The van der Waals surface area contributed by atoms with Gasteiger partial charge in [-0.2, -0.15) is 0 Å². The Kier molecular flexibility index (Phi) is 8.81. The molecular weight excluding hydrogens is 516 g/mol. The van der Waals surface area contributed by atoms with Crippen LogP contribution in [0.15, 0.2) is 72.8 Å². The molecule has 3 aromatic carbocycles. The van der Waals surface area contributed by atoms with Crippen molar-refractivity contribution in [3.63, 3.8) is 0 Å². The van der Waals surface area contributed by atoms with Crippen LogP contribution in [-0.2, 0) is 16.1 Å². The van der Waals surface area contributed by atoms with Crippen LogP contribution in [0.4, 0.5) is 5.82 Å². The number of phenols is 1. The zero-order valence-corrected chi connectivity index (χ0v) is 23.9. The summed E-state index contributed by atoms with van der Waals surface area (Å²) in [5.74, 6) is 1.25. The van der Waals surface area contributed by atoms with E-state index in [1.54, 1.807) is 17.0 Å². The molecule has 0 bridgehead atoms. The summed E-state index contributed by atoms with van der Waals surface area (Å²) in [4.78, 5) is 27.1. The van der Waals surface area contributed by atoms with Gasteiger partial charge in [0.15, 0.2) is 5.82 Å². The van der Waals surface area contributed by atoms with Crippen LogP contribution >= 0.6 is 0 Å². The molecule has 1 aliphatic rings. The molecule has 8 nitrogen and oxygen atoms in total. The minimum absolute atomic E-state index is 0.118. The molecule has 0 spiro atoms. The number of rotatable bonds is 9. The molecule has 41 heavy (non-hydrogen) atoms. The molecule has 2 atom stereocenters. The van der Waals surface area contributed by atoms with E-state index in [9.17, 15) is 15.0 Å². The second-order valence-corrected chi connectivity index (χ2v) is 11.2. The lowest BCUT2D eigenvalue weighted by molar-refractivity contribution is -0.145. The van der Waals surface area contributed by atoms with E-state index in [0.29, 0.717) is 50.7 Å². The number of aliphatic hydroxyl groups is 1. The Morgan fingerprint density at radius 1 is 1.02 bits per heavy atom. The fourth-order valence-corrected chi connectivity index (χ4v) is 5.35. The van der Waals surface area contributed by atoms with Crippen LogP contribution in [0.1, 0.15) is 31.4 Å². The van der Waals surface area contributed by atoms with Gasteiger partial charge in [-0.15, -0.1) is 0 Å². The minimum atomic E-state index is -1.05. The van der Waals surface area contributed by atoms with E-state index >= 15 is 0 Å². The maximum Gasteiger partial charge on any atom is 0.251 e. The Bertz CT molecular complexity index is 1490. The minimum Gasteiger partial charge on any atom is -0.507 e. The third-order valence-corrected chi connectivity index (χ3v) is 7.44. The molecule has 0 radical (unpaired) electrons. The van der Waals surface area contributed by atoms with E-state index in [0.717, 1.165) is 27.8 Å². The van der Waals surface area contributed by atoms with Gasteiger partial charge in [0, 0.05) is 25.0 Å². The van der Waals surface area contributed by atoms with Gasteiger partial charge in [0.05, 0.1) is 30.3 Å². The van der Waals surface area contributed by atoms with Crippen LogP contribution < -0.4 is 4.90 Å². The Hall–Kier alpha value is -4.01. The average molecular weight is 555 g/mol. The van der Waals surface area contributed by atoms with Gasteiger partial charge in [0.25, 0.3) is 5.91 Å². The molecule has 1 aliphatic heterocycles. The fraction of sp³-hybridized carbons (Fsp3) is 0.364. The van der Waals surface area contributed by atoms with Crippen molar-refractivity contribution in [1.82, 2.24) is 14.9 Å². The van der Waals surface area contributed by atoms with Gasteiger partial charge in [-0.25, -0.2) is 9.97 Å². The van der Waals surface area contributed by atoms with Gasteiger partial charge in [0.1, 0.15) is 17.7 Å². The number of aliphatic hydroxyl groups excluding tert-OH is 1. The van der Waals surface area contributed by atoms with E-state index in [1.165, 1.54) is 0 Å². The molecule has 0 saturated carbocycles. The fourth-order valence-electron chi connectivity index (χ4n) is 5.35. The summed E-state index contributed by atoms with van der Waals surface area (Å²) in [6, 6.07) is 22.8. The summed E-state index contributed by atoms with van der Waals surface area (Å²) in [5, 5.41) is 22.2. The Morgan fingerprint density at radius 3 is 2.54 bits per heavy atom. The number of hydrogen-bond acceptors (Lipinski definition) is 7. The molecule has 1 aromatic heterocycles. The first-order valence-electron chi connectivity index (χ1n) is 14.2. The van der Waals surface area contributed by atoms with Gasteiger partial charge < -0.3 is 24.7 Å². The van der Waals surface area contributed by atoms with Gasteiger partial charge >= 0.3 is 0 Å². The van der Waals surface area contributed by atoms with Crippen molar-refractivity contribution in [3.8, 4) is 17.1 Å². The van der Waals surface area contributed by atoms with Crippen LogP contribution in [-0.4, -0.2) is 69.4 Å². The largest absolute Gasteiger partial charge is 0.507 e. The first-order chi connectivity index (χ1) is 19.8. The number of aryl methyl sites for hydroxylation is 1. The third-order valence-electron chi connectivity index (χ3n) is 7.44. The lowest BCUT2D eigenvalue weighted by atomic mass is 10.0. The molecular formula is C33H38N4O4. The summed E-state index contributed by atoms with van der Waals surface area (Å²) in [6.07, 6.45) is -0.634. The lowest BCUT2D eigenvalue weighted by Gasteiger charge is -2.43. The molecule has 4 aromatic rings. The maximum absolute atomic E-state index is 13.4. The summed E-state index contributed by atoms with van der Waals surface area (Å²) >= 11 is 0. The molecule has 5 rings (SSSR count). The van der Waals surface area contributed by atoms with Crippen molar-refractivity contribution in [3.05, 3.63) is 83.9 Å². The molecule has 214 valence electrons. The number of carbonyl (C=O) groups excluding carboxylic acids is 1. The number of piperazine rings is 1. The third kappa shape index (κ3) is 6.66. The van der Waals surface area contributed by atoms with Crippen LogP contribution in [0.3, 0.4) is 0 Å². The van der Waals surface area contributed by atoms with Crippen LogP contribution in [0.5, 0.6) is 5.75 Å². The molecule has 1 saturated heterocycles. The SMILES string of the molecule is Cc1ccc2c(N3CCN(C(=O)[C@H](O)CC(C)C)[C@@H](COCc4ccccc4)C3)nc(-c3ccccc3O)nc2c1. The van der Waals surface area contributed by atoms with Gasteiger partial charge in [0.2, 0.25) is 0 Å². The normalized spacial score (nSPS) is 16.4. The van der Waals surface area contributed by atoms with Crippen molar-refractivity contribution < 1.29 is 19.7 Å². The Labute approximate surface area is 241 Å². The number of phenolic OH excluding ortho intramolecular Hbond substituents is 1. The highest BCUT2D eigenvalue weighted by Gasteiger charge is 2.35. The van der Waals surface area contributed by atoms with E-state index < -0.39 is 6.10 Å². The number of carbonyl (C=O) groups is 1. The average Bonchev–Trinajstić information content (AvgIpc) is 2.96. The molecule has 0 unspecified atom stereocenters. The highest BCUT2D eigenvalue weighted by atomic mass is 16.5. The lowest BCUT2D eigenvalue weighted by Crippen LogP contribution is -2.59. The van der Waals surface area contributed by atoms with Gasteiger partial charge in [-0.3, -0.25) is 4.79 Å². The van der Waals surface area contributed by atoms with Crippen LogP contribution in [0, 0.1) is 12.8 Å². The number of amides is 1. The van der Waals surface area contributed by atoms with E-state index in [4.69, 9.17) is 14.7 Å². The number of para-hydroxylation sites is 1. The number of aromatic hydroxyl groups is 1. The molecule has 1 amide bonds. The van der Waals surface area contributed by atoms with Gasteiger partial charge in [-0.1, -0.05) is 62.4 Å². The Balaban J connectivity index is 1.47. The first kappa shape index (κ1) is 28.5. The number of fused-ring (bicyclic) bond motifs is 1. The predicted octanol–water partition coefficient (Wildman–Crippen LogP) is 4.95. The Morgan fingerprint density at radius 2 is 1.78 bits per heavy atom. The van der Waals surface area contributed by atoms with E-state index in [1.807, 2.05) is 81.4 Å². The summed E-state index contributed by atoms with van der Waals surface area (Å²) in [7, 11) is 0. The zero-order chi connectivity index (χ0) is 28.9. The highest BCUT2D eigenvalue weighted by molar-refractivity contribution is 5.92. The number of ether oxygens (including phenoxy) is 1. The molecule has 0 aliphatic carbocycles. The van der Waals surface area contributed by atoms with Crippen molar-refractivity contribution in [2.75, 3.05) is 31.1 Å². The maximum atomic E-state index is 13.4. The number of hydrogen-bond donors (Lipinski definition) is 2. The van der Waals surface area contributed by atoms with E-state index in [-0.39, 0.29) is 23.6 Å². The van der Waals surface area contributed by atoms with Crippen molar-refractivity contribution in [1.29, 1.82) is 0 Å². The monoisotopic (exact) mass is 554 g/mol. The standard InChI is InChI=1S/C33H38N4O4/c1-22(2)17-30(39)33(40)37-16-15-36(19-25(37)21-41-20-24-9-5-4-6-10-24)32-26-14-13-23(3)18-28(26)34-31(35-32)27-11-7-8-12-29(27)38/h4-14,18,22,25,30,38-39H,15-17,19-21H2,1-3H3/t25-,30-/m1/s1. The van der Waals surface area contributed by atoms with Crippen molar-refractivity contribution in [2.45, 2.75) is 45.9 Å². The number of anilines is 1. The number of nitrogens with zero attached hydrogens (tertiary/aromatic N) is 4. The molecule has 2 heterocycles. The quantitative estimate of drug-likeness (QED) is 0.302. The smallest absolute Gasteiger partial charge is 0.251 e. The van der Waals surface area contributed by atoms with E-state index in [2.05, 4.69) is 4.90 Å². The first-order valence-corrected chi connectivity index (χ1v) is 14.2. The summed E-state index contributed by atoms with van der Waals surface area (Å²) < 4.78 is 6.13. The summed E-state index contributed by atoms with van der Waals surface area (Å²) in [6.45, 7) is 8.22. The predicted molar refractivity (Wildman–Crippen MR) is 161 cm³/mol. The topological polar surface area (TPSA) is 99.0 Å². The van der Waals surface area contributed by atoms with Crippen molar-refractivity contribution >= 4 is 22.6 Å². The van der Waals surface area contributed by atoms with Gasteiger partial charge in [-0.05, 0) is 54.7 Å². The molecule has 1 fully saturated rings. The molecule has 2 N–H and O–H groups in total. The number of aromatic nitrogens is 2. The zero-order valence-electron chi connectivity index (χ0n) is 23.9. The highest BCUT2D eigenvalue weighted by Crippen LogP contribution is 2.33. The van der Waals surface area contributed by atoms with Crippen molar-refractivity contribution in [2.24, 2.45) is 5.92 Å². The van der Waals surface area contributed by atoms with Crippen LogP contribution in [0.2, 0.25) is 0 Å².